The molecule has 32 heavy (non-hydrogen) atoms. The second-order valence-corrected chi connectivity index (χ2v) is 8.54. The van der Waals surface area contributed by atoms with Crippen molar-refractivity contribution in [2.24, 2.45) is 11.8 Å². The van der Waals surface area contributed by atoms with Crippen LogP contribution in [-0.4, -0.2) is 61.4 Å². The van der Waals surface area contributed by atoms with Crippen LogP contribution in [-0.2, 0) is 9.59 Å². The minimum atomic E-state index is -0.380. The van der Waals surface area contributed by atoms with Gasteiger partial charge >= 0.3 is 0 Å². The fourth-order valence-corrected chi connectivity index (χ4v) is 4.79. The van der Waals surface area contributed by atoms with Crippen LogP contribution in [0.3, 0.4) is 0 Å². The topological polar surface area (TPSA) is 61.9 Å². The monoisotopic (exact) mass is 457 g/mol. The normalized spacial score (nSPS) is 19.6. The van der Waals surface area contributed by atoms with Gasteiger partial charge in [0.15, 0.2) is 0 Å². The molecule has 2 saturated heterocycles. The molecule has 2 atom stereocenters. The lowest BCUT2D eigenvalue weighted by atomic mass is 10.0. The number of fused-ring (bicyclic) bond motifs is 1. The van der Waals surface area contributed by atoms with Crippen LogP contribution in [0, 0.1) is 17.7 Å². The fourth-order valence-electron chi connectivity index (χ4n) is 4.54. The molecule has 2 aliphatic rings. The predicted molar refractivity (Wildman–Crippen MR) is 122 cm³/mol. The fraction of sp³-hybridized carbons (Fsp3) is 0.333. The Hall–Kier alpha value is -3.06. The number of hydrogen-bond acceptors (Lipinski definition) is 4. The van der Waals surface area contributed by atoms with Gasteiger partial charge in [0, 0.05) is 55.2 Å². The van der Waals surface area contributed by atoms with E-state index in [9.17, 15) is 14.0 Å². The molecule has 0 bridgehead atoms. The zero-order valence-corrected chi connectivity index (χ0v) is 18.6. The van der Waals surface area contributed by atoms with Crippen LogP contribution in [0.5, 0.6) is 5.75 Å². The quantitative estimate of drug-likeness (QED) is 0.672. The highest BCUT2D eigenvalue weighted by atomic mass is 35.5. The summed E-state index contributed by atoms with van der Waals surface area (Å²) in [6.45, 7) is 6.19. The Labute approximate surface area is 191 Å². The van der Waals surface area contributed by atoms with Crippen molar-refractivity contribution in [1.82, 2.24) is 9.80 Å². The van der Waals surface area contributed by atoms with Crippen molar-refractivity contribution in [3.8, 4) is 16.9 Å². The van der Waals surface area contributed by atoms with Gasteiger partial charge in [-0.2, -0.15) is 0 Å². The average Bonchev–Trinajstić information content (AvgIpc) is 3.37. The van der Waals surface area contributed by atoms with Crippen LogP contribution in [0.25, 0.3) is 11.1 Å². The van der Waals surface area contributed by atoms with Crippen molar-refractivity contribution < 1.29 is 18.7 Å². The molecular formula is C24H25ClFN3O3. The Bertz CT molecular complexity index is 1050. The molecule has 4 rings (SSSR count). The van der Waals surface area contributed by atoms with E-state index in [-0.39, 0.29) is 24.2 Å². The SMILES string of the molecule is C=CC(=O)N1CC2CN(C(=O)CNc3cc(-c4ccccc4F)c(Cl)cc3OC)CC2C1. The first kappa shape index (κ1) is 22.1. The lowest BCUT2D eigenvalue weighted by molar-refractivity contribution is -0.128. The van der Waals surface area contributed by atoms with E-state index < -0.39 is 0 Å². The van der Waals surface area contributed by atoms with Crippen molar-refractivity contribution in [1.29, 1.82) is 0 Å². The average molecular weight is 458 g/mol. The number of amides is 2. The van der Waals surface area contributed by atoms with Crippen LogP contribution in [0.15, 0.2) is 49.1 Å². The number of anilines is 1. The molecule has 2 aromatic carbocycles. The lowest BCUT2D eigenvalue weighted by Crippen LogP contribution is -2.37. The van der Waals surface area contributed by atoms with Gasteiger partial charge in [0.2, 0.25) is 11.8 Å². The Balaban J connectivity index is 1.43. The van der Waals surface area contributed by atoms with Gasteiger partial charge in [-0.15, -0.1) is 0 Å². The van der Waals surface area contributed by atoms with Gasteiger partial charge in [0.25, 0.3) is 0 Å². The summed E-state index contributed by atoms with van der Waals surface area (Å²) >= 11 is 6.37. The Morgan fingerprint density at radius 3 is 2.44 bits per heavy atom. The van der Waals surface area contributed by atoms with Gasteiger partial charge in [-0.25, -0.2) is 4.39 Å². The summed E-state index contributed by atoms with van der Waals surface area (Å²) in [5.41, 5.74) is 1.45. The molecule has 0 radical (unpaired) electrons. The zero-order valence-electron chi connectivity index (χ0n) is 17.8. The van der Waals surface area contributed by atoms with Crippen LogP contribution in [0.4, 0.5) is 10.1 Å². The first-order valence-electron chi connectivity index (χ1n) is 10.5. The van der Waals surface area contributed by atoms with E-state index >= 15 is 0 Å². The molecule has 6 nitrogen and oxygen atoms in total. The maximum Gasteiger partial charge on any atom is 0.245 e. The number of rotatable bonds is 6. The Morgan fingerprint density at radius 1 is 1.16 bits per heavy atom. The molecule has 2 heterocycles. The number of nitrogens with one attached hydrogen (secondary N) is 1. The Morgan fingerprint density at radius 2 is 1.81 bits per heavy atom. The first-order chi connectivity index (χ1) is 15.4. The molecule has 2 aliphatic heterocycles. The van der Waals surface area contributed by atoms with Gasteiger partial charge in [-0.1, -0.05) is 36.4 Å². The number of methoxy groups -OCH3 is 1. The molecular weight excluding hydrogens is 433 g/mol. The van der Waals surface area contributed by atoms with Crippen molar-refractivity contribution in [3.05, 3.63) is 59.9 Å². The molecule has 1 N–H and O–H groups in total. The second kappa shape index (κ2) is 9.20. The Kier molecular flexibility index (Phi) is 6.37. The highest BCUT2D eigenvalue weighted by Crippen LogP contribution is 2.38. The largest absolute Gasteiger partial charge is 0.495 e. The molecule has 168 valence electrons. The third-order valence-electron chi connectivity index (χ3n) is 6.21. The highest BCUT2D eigenvalue weighted by Gasteiger charge is 2.42. The molecule has 2 unspecified atom stereocenters. The highest BCUT2D eigenvalue weighted by molar-refractivity contribution is 6.33. The molecule has 2 fully saturated rings. The van der Waals surface area contributed by atoms with Crippen LogP contribution in [0.1, 0.15) is 0 Å². The van der Waals surface area contributed by atoms with E-state index in [0.29, 0.717) is 65.6 Å². The summed E-state index contributed by atoms with van der Waals surface area (Å²) in [5, 5.41) is 3.48. The number of benzene rings is 2. The number of carbonyl (C=O) groups is 2. The number of hydrogen-bond donors (Lipinski definition) is 1. The van der Waals surface area contributed by atoms with E-state index in [2.05, 4.69) is 11.9 Å². The number of carbonyl (C=O) groups excluding carboxylic acids is 2. The summed E-state index contributed by atoms with van der Waals surface area (Å²) in [5.74, 6) is 0.583. The zero-order chi connectivity index (χ0) is 22.8. The molecule has 0 spiro atoms. The van der Waals surface area contributed by atoms with Gasteiger partial charge in [0.1, 0.15) is 11.6 Å². The molecule has 0 aromatic heterocycles. The second-order valence-electron chi connectivity index (χ2n) is 8.13. The third kappa shape index (κ3) is 4.30. The van der Waals surface area contributed by atoms with Crippen LogP contribution in [0.2, 0.25) is 5.02 Å². The predicted octanol–water partition coefficient (Wildman–Crippen LogP) is 3.67. The number of halogens is 2. The summed E-state index contributed by atoms with van der Waals surface area (Å²) < 4.78 is 19.7. The maximum atomic E-state index is 14.3. The minimum absolute atomic E-state index is 0.0366. The lowest BCUT2D eigenvalue weighted by Gasteiger charge is -2.22. The van der Waals surface area contributed by atoms with Crippen LogP contribution < -0.4 is 10.1 Å². The van der Waals surface area contributed by atoms with E-state index in [1.54, 1.807) is 35.2 Å². The van der Waals surface area contributed by atoms with E-state index in [4.69, 9.17) is 16.3 Å². The molecule has 0 saturated carbocycles. The first-order valence-corrected chi connectivity index (χ1v) is 10.8. The molecule has 8 heteroatoms. The number of ether oxygens (including phenoxy) is 1. The summed E-state index contributed by atoms with van der Waals surface area (Å²) in [6.07, 6.45) is 1.34. The summed E-state index contributed by atoms with van der Waals surface area (Å²) in [7, 11) is 1.51. The maximum absolute atomic E-state index is 14.3. The van der Waals surface area contributed by atoms with Gasteiger partial charge in [-0.3, -0.25) is 9.59 Å². The standard InChI is InChI=1S/C24H25ClFN3O3/c1-3-23(30)28-11-15-13-29(14-16(15)12-28)24(31)10-27-21-8-18(19(25)9-22(21)32-2)17-6-4-5-7-20(17)26/h3-9,15-16,27H,1,10-14H2,2H3. The number of likely N-dealkylation sites (tertiary alicyclic amines) is 2. The van der Waals surface area contributed by atoms with Crippen molar-refractivity contribution in [2.75, 3.05) is 45.2 Å². The molecule has 2 aromatic rings. The molecule has 0 aliphatic carbocycles. The van der Waals surface area contributed by atoms with E-state index in [1.807, 2.05) is 4.90 Å². The van der Waals surface area contributed by atoms with Gasteiger partial charge in [-0.05, 0) is 18.2 Å². The minimum Gasteiger partial charge on any atom is -0.495 e. The molecule has 2 amide bonds. The van der Waals surface area contributed by atoms with Crippen molar-refractivity contribution in [3.63, 3.8) is 0 Å². The smallest absolute Gasteiger partial charge is 0.245 e. The number of nitrogens with zero attached hydrogens (tertiary/aromatic N) is 2. The summed E-state index contributed by atoms with van der Waals surface area (Å²) in [6, 6.07) is 9.70. The van der Waals surface area contributed by atoms with Gasteiger partial charge < -0.3 is 19.9 Å². The van der Waals surface area contributed by atoms with E-state index in [0.717, 1.165) is 0 Å². The summed E-state index contributed by atoms with van der Waals surface area (Å²) in [4.78, 5) is 28.3. The van der Waals surface area contributed by atoms with E-state index in [1.165, 1.54) is 19.3 Å². The van der Waals surface area contributed by atoms with Gasteiger partial charge in [0.05, 0.1) is 24.4 Å². The third-order valence-corrected chi connectivity index (χ3v) is 6.52. The van der Waals surface area contributed by atoms with Crippen molar-refractivity contribution >= 4 is 29.1 Å². The van der Waals surface area contributed by atoms with Crippen molar-refractivity contribution in [2.45, 2.75) is 0 Å². The van der Waals surface area contributed by atoms with Crippen LogP contribution >= 0.6 is 11.6 Å².